The predicted molar refractivity (Wildman–Crippen MR) is 134 cm³/mol. The van der Waals surface area contributed by atoms with Gasteiger partial charge in [-0.3, -0.25) is 14.9 Å². The van der Waals surface area contributed by atoms with Gasteiger partial charge in [-0.15, -0.1) is 0 Å². The minimum absolute atomic E-state index is 0.0201. The number of amides is 2. The lowest BCUT2D eigenvalue weighted by molar-refractivity contribution is -0.116. The summed E-state index contributed by atoms with van der Waals surface area (Å²) in [5.74, 6) is 0.422. The summed E-state index contributed by atoms with van der Waals surface area (Å²) in [4.78, 5) is 24.4. The number of hydrogen-bond acceptors (Lipinski definition) is 4. The minimum Gasteiger partial charge on any atom is -0.494 e. The fourth-order valence-corrected chi connectivity index (χ4v) is 3.21. The molecule has 0 spiro atoms. The molecule has 0 aliphatic heterocycles. The maximum Gasteiger partial charge on any atom is 0.257 e. The number of hydrogen-bond donors (Lipinski definition) is 3. The van der Waals surface area contributed by atoms with Crippen molar-refractivity contribution in [2.24, 2.45) is 0 Å². The Morgan fingerprint density at radius 3 is 2.25 bits per heavy atom. The van der Waals surface area contributed by atoms with Gasteiger partial charge in [-0.1, -0.05) is 45.6 Å². The number of unbranched alkanes of at least 4 members (excludes halogenated alkanes) is 4. The van der Waals surface area contributed by atoms with Crippen LogP contribution in [-0.4, -0.2) is 23.5 Å². The Morgan fingerprint density at radius 1 is 0.875 bits per heavy atom. The summed E-state index contributed by atoms with van der Waals surface area (Å²) < 4.78 is 5.71. The molecule has 0 radical (unpaired) electrons. The van der Waals surface area contributed by atoms with Crippen LogP contribution in [0.1, 0.15) is 69.2 Å². The average Bonchev–Trinajstić information content (AvgIpc) is 2.78. The molecule has 7 heteroatoms. The number of carbonyl (C=O) groups excluding carboxylic acids is 2. The molecule has 2 rings (SSSR count). The molecule has 172 valence electrons. The fourth-order valence-electron chi connectivity index (χ4n) is 2.99. The molecule has 0 bridgehead atoms. The van der Waals surface area contributed by atoms with Crippen molar-refractivity contribution < 1.29 is 14.3 Å². The Balaban J connectivity index is 1.82. The first kappa shape index (κ1) is 25.3. The third-order valence-electron chi connectivity index (χ3n) is 4.77. The van der Waals surface area contributed by atoms with Crippen LogP contribution >= 0.6 is 12.2 Å². The van der Waals surface area contributed by atoms with Crippen molar-refractivity contribution in [2.75, 3.05) is 17.2 Å². The number of ether oxygens (including phenoxy) is 1. The molecule has 0 aliphatic carbocycles. The van der Waals surface area contributed by atoms with Gasteiger partial charge in [0.15, 0.2) is 5.11 Å². The summed E-state index contributed by atoms with van der Waals surface area (Å²) in [7, 11) is 0. The van der Waals surface area contributed by atoms with E-state index in [-0.39, 0.29) is 16.9 Å². The van der Waals surface area contributed by atoms with Crippen molar-refractivity contribution in [1.29, 1.82) is 0 Å². The van der Waals surface area contributed by atoms with E-state index in [0.717, 1.165) is 31.4 Å². The molecule has 2 aromatic rings. The van der Waals surface area contributed by atoms with Crippen molar-refractivity contribution in [3.8, 4) is 5.75 Å². The topological polar surface area (TPSA) is 79.5 Å². The molecule has 0 saturated heterocycles. The number of anilines is 2. The standard InChI is InChI=1S/C25H33N3O3S/c1-3-5-7-8-17-31-22-15-13-19(14-16-22)24(30)28-25(32)27-21-11-9-10-20(18-21)26-23(29)12-6-4-2/h9-11,13-16,18H,3-8,12,17H2,1-2H3,(H,26,29)(H2,27,28,30,32). The van der Waals surface area contributed by atoms with Crippen LogP contribution in [-0.2, 0) is 4.79 Å². The predicted octanol–water partition coefficient (Wildman–Crippen LogP) is 5.90. The summed E-state index contributed by atoms with van der Waals surface area (Å²) >= 11 is 5.26. The van der Waals surface area contributed by atoms with Crippen LogP contribution in [0.4, 0.5) is 11.4 Å². The van der Waals surface area contributed by atoms with Crippen molar-refractivity contribution in [3.63, 3.8) is 0 Å². The van der Waals surface area contributed by atoms with Gasteiger partial charge in [0.05, 0.1) is 6.61 Å². The third kappa shape index (κ3) is 9.47. The summed E-state index contributed by atoms with van der Waals surface area (Å²) in [5.41, 5.74) is 1.84. The Morgan fingerprint density at radius 2 is 1.56 bits per heavy atom. The second-order valence-electron chi connectivity index (χ2n) is 7.57. The van der Waals surface area contributed by atoms with E-state index in [2.05, 4.69) is 22.9 Å². The molecule has 2 aromatic carbocycles. The lowest BCUT2D eigenvalue weighted by atomic mass is 10.2. The molecule has 2 amide bonds. The second-order valence-corrected chi connectivity index (χ2v) is 7.98. The zero-order chi connectivity index (χ0) is 23.2. The highest BCUT2D eigenvalue weighted by atomic mass is 32.1. The fraction of sp³-hybridized carbons (Fsp3) is 0.400. The number of benzene rings is 2. The average molecular weight is 456 g/mol. The molecule has 0 heterocycles. The largest absolute Gasteiger partial charge is 0.494 e. The normalized spacial score (nSPS) is 10.3. The first-order valence-corrected chi connectivity index (χ1v) is 11.7. The van der Waals surface area contributed by atoms with Crippen molar-refractivity contribution in [2.45, 2.75) is 58.8 Å². The number of nitrogens with one attached hydrogen (secondary N) is 3. The zero-order valence-electron chi connectivity index (χ0n) is 18.9. The molecular weight excluding hydrogens is 422 g/mol. The van der Waals surface area contributed by atoms with Crippen LogP contribution in [0, 0.1) is 0 Å². The van der Waals surface area contributed by atoms with Crippen LogP contribution in [0.25, 0.3) is 0 Å². The van der Waals surface area contributed by atoms with Gasteiger partial charge < -0.3 is 15.4 Å². The Hall–Kier alpha value is -2.93. The Kier molecular flexibility index (Phi) is 11.2. The van der Waals surface area contributed by atoms with Gasteiger partial charge in [0.25, 0.3) is 5.91 Å². The smallest absolute Gasteiger partial charge is 0.257 e. The quantitative estimate of drug-likeness (QED) is 0.274. The van der Waals surface area contributed by atoms with E-state index in [9.17, 15) is 9.59 Å². The van der Waals surface area contributed by atoms with Crippen molar-refractivity contribution >= 4 is 40.5 Å². The van der Waals surface area contributed by atoms with E-state index >= 15 is 0 Å². The van der Waals surface area contributed by atoms with Crippen molar-refractivity contribution in [1.82, 2.24) is 5.32 Å². The number of thiocarbonyl (C=S) groups is 1. The summed E-state index contributed by atoms with van der Waals surface area (Å²) in [5, 5.41) is 8.70. The minimum atomic E-state index is -0.305. The van der Waals surface area contributed by atoms with Gasteiger partial charge in [0.1, 0.15) is 5.75 Å². The van der Waals surface area contributed by atoms with Crippen LogP contribution in [0.3, 0.4) is 0 Å². The lowest BCUT2D eigenvalue weighted by Gasteiger charge is -2.12. The molecule has 6 nitrogen and oxygen atoms in total. The molecule has 3 N–H and O–H groups in total. The number of rotatable bonds is 12. The Bertz CT molecular complexity index is 884. The molecule has 0 saturated carbocycles. The van der Waals surface area contributed by atoms with Gasteiger partial charge in [0.2, 0.25) is 5.91 Å². The van der Waals surface area contributed by atoms with E-state index in [4.69, 9.17) is 17.0 Å². The first-order valence-electron chi connectivity index (χ1n) is 11.3. The summed E-state index contributed by atoms with van der Waals surface area (Å²) in [6.45, 7) is 4.90. The Labute approximate surface area is 196 Å². The van der Waals surface area contributed by atoms with Gasteiger partial charge in [-0.05, 0) is 67.5 Å². The van der Waals surface area contributed by atoms with E-state index in [1.54, 1.807) is 30.3 Å². The van der Waals surface area contributed by atoms with E-state index in [0.29, 0.717) is 30.0 Å². The molecule has 0 aromatic heterocycles. The van der Waals surface area contributed by atoms with Crippen LogP contribution in [0.2, 0.25) is 0 Å². The lowest BCUT2D eigenvalue weighted by Crippen LogP contribution is -2.34. The number of carbonyl (C=O) groups is 2. The molecular formula is C25H33N3O3S. The van der Waals surface area contributed by atoms with Crippen LogP contribution in [0.5, 0.6) is 5.75 Å². The van der Waals surface area contributed by atoms with Gasteiger partial charge >= 0.3 is 0 Å². The highest BCUT2D eigenvalue weighted by Crippen LogP contribution is 2.16. The highest BCUT2D eigenvalue weighted by molar-refractivity contribution is 7.80. The van der Waals surface area contributed by atoms with E-state index < -0.39 is 0 Å². The molecule has 0 aliphatic rings. The maximum atomic E-state index is 12.5. The maximum absolute atomic E-state index is 12.5. The first-order chi connectivity index (χ1) is 15.5. The van der Waals surface area contributed by atoms with Crippen molar-refractivity contribution in [3.05, 3.63) is 54.1 Å². The summed E-state index contributed by atoms with van der Waals surface area (Å²) in [6.07, 6.45) is 6.92. The zero-order valence-corrected chi connectivity index (χ0v) is 19.7. The highest BCUT2D eigenvalue weighted by Gasteiger charge is 2.09. The third-order valence-corrected chi connectivity index (χ3v) is 4.98. The van der Waals surface area contributed by atoms with Gasteiger partial charge in [-0.25, -0.2) is 0 Å². The van der Waals surface area contributed by atoms with Crippen LogP contribution < -0.4 is 20.7 Å². The molecule has 0 fully saturated rings. The van der Waals surface area contributed by atoms with Gasteiger partial charge in [0, 0.05) is 23.4 Å². The van der Waals surface area contributed by atoms with Gasteiger partial charge in [-0.2, -0.15) is 0 Å². The molecule has 0 atom stereocenters. The molecule has 32 heavy (non-hydrogen) atoms. The van der Waals surface area contributed by atoms with E-state index in [1.165, 1.54) is 12.8 Å². The summed E-state index contributed by atoms with van der Waals surface area (Å²) in [6, 6.07) is 14.2. The second kappa shape index (κ2) is 14.2. The monoisotopic (exact) mass is 455 g/mol. The van der Waals surface area contributed by atoms with E-state index in [1.807, 2.05) is 25.1 Å². The SMILES string of the molecule is CCCCCCOc1ccc(C(=O)NC(=S)Nc2cccc(NC(=O)CCCC)c2)cc1. The van der Waals surface area contributed by atoms with Crippen LogP contribution in [0.15, 0.2) is 48.5 Å². The molecule has 0 unspecified atom stereocenters.